The zero-order valence-electron chi connectivity index (χ0n) is 9.35. The third kappa shape index (κ3) is 2.50. The molecule has 1 aromatic heterocycles. The molecule has 0 saturated carbocycles. The Balaban J connectivity index is 2.27. The maximum atomic E-state index is 5.73. The Kier molecular flexibility index (Phi) is 3.72. The van der Waals surface area contributed by atoms with Crippen LogP contribution in [0.5, 0.6) is 0 Å². The van der Waals surface area contributed by atoms with Gasteiger partial charge in [0, 0.05) is 19.3 Å². The second kappa shape index (κ2) is 5.25. The maximum absolute atomic E-state index is 5.73. The lowest BCUT2D eigenvalue weighted by atomic mass is 10.2. The number of nitrogens with zero attached hydrogens (tertiary/aromatic N) is 2. The van der Waals surface area contributed by atoms with E-state index in [0.29, 0.717) is 4.99 Å². The highest BCUT2D eigenvalue weighted by Crippen LogP contribution is 2.20. The Bertz CT molecular complexity index is 370. The molecule has 16 heavy (non-hydrogen) atoms. The highest BCUT2D eigenvalue weighted by Gasteiger charge is 2.15. The fraction of sp³-hybridized carbons (Fsp3) is 0.500. The molecular formula is C12H17N3S. The summed E-state index contributed by atoms with van der Waals surface area (Å²) in [5.74, 6) is 0.955. The van der Waals surface area contributed by atoms with E-state index in [1.807, 2.05) is 18.3 Å². The van der Waals surface area contributed by atoms with Crippen molar-refractivity contribution in [2.45, 2.75) is 25.7 Å². The Morgan fingerprint density at radius 2 is 1.94 bits per heavy atom. The van der Waals surface area contributed by atoms with Gasteiger partial charge in [-0.15, -0.1) is 0 Å². The molecule has 1 fully saturated rings. The molecule has 1 aliphatic rings. The largest absolute Gasteiger partial charge is 0.389 e. The SMILES string of the molecule is NC(=S)c1cccnc1N1CCCCCC1. The Hall–Kier alpha value is -1.16. The van der Waals surface area contributed by atoms with Crippen molar-refractivity contribution in [3.8, 4) is 0 Å². The van der Waals surface area contributed by atoms with E-state index < -0.39 is 0 Å². The molecule has 0 unspecified atom stereocenters. The van der Waals surface area contributed by atoms with Crippen LogP contribution < -0.4 is 10.6 Å². The summed E-state index contributed by atoms with van der Waals surface area (Å²) in [6, 6.07) is 3.84. The summed E-state index contributed by atoms with van der Waals surface area (Å²) in [7, 11) is 0. The predicted molar refractivity (Wildman–Crippen MR) is 70.8 cm³/mol. The average Bonchev–Trinajstić information content (AvgIpc) is 2.57. The van der Waals surface area contributed by atoms with E-state index in [0.717, 1.165) is 24.5 Å². The van der Waals surface area contributed by atoms with Crippen LogP contribution in [0.25, 0.3) is 0 Å². The normalized spacial score (nSPS) is 16.9. The molecular weight excluding hydrogens is 218 g/mol. The van der Waals surface area contributed by atoms with E-state index in [2.05, 4.69) is 9.88 Å². The number of thiocarbonyl (C=S) groups is 1. The molecule has 0 aromatic carbocycles. The molecule has 4 heteroatoms. The smallest absolute Gasteiger partial charge is 0.138 e. The Morgan fingerprint density at radius 1 is 1.25 bits per heavy atom. The fourth-order valence-corrected chi connectivity index (χ4v) is 2.28. The number of nitrogens with two attached hydrogens (primary N) is 1. The number of pyridine rings is 1. The molecule has 0 spiro atoms. The van der Waals surface area contributed by atoms with Gasteiger partial charge in [-0.3, -0.25) is 0 Å². The van der Waals surface area contributed by atoms with Crippen LogP contribution in [-0.4, -0.2) is 23.1 Å². The van der Waals surface area contributed by atoms with Gasteiger partial charge in [-0.1, -0.05) is 25.1 Å². The minimum absolute atomic E-state index is 0.437. The molecule has 1 saturated heterocycles. The van der Waals surface area contributed by atoms with Gasteiger partial charge in [0.05, 0.1) is 5.56 Å². The summed E-state index contributed by atoms with van der Waals surface area (Å²) >= 11 is 5.06. The molecule has 0 bridgehead atoms. The van der Waals surface area contributed by atoms with Crippen molar-refractivity contribution < 1.29 is 0 Å². The second-order valence-electron chi connectivity index (χ2n) is 4.14. The molecule has 0 radical (unpaired) electrons. The van der Waals surface area contributed by atoms with Crippen molar-refractivity contribution in [3.05, 3.63) is 23.9 Å². The summed E-state index contributed by atoms with van der Waals surface area (Å²) in [6.45, 7) is 2.12. The van der Waals surface area contributed by atoms with Gasteiger partial charge in [-0.25, -0.2) is 4.98 Å². The average molecular weight is 235 g/mol. The molecule has 2 heterocycles. The zero-order valence-corrected chi connectivity index (χ0v) is 10.2. The molecule has 0 amide bonds. The van der Waals surface area contributed by atoms with E-state index in [1.165, 1.54) is 25.7 Å². The summed E-state index contributed by atoms with van der Waals surface area (Å²) in [4.78, 5) is 7.17. The molecule has 1 aliphatic heterocycles. The number of rotatable bonds is 2. The monoisotopic (exact) mass is 235 g/mol. The fourth-order valence-electron chi connectivity index (χ4n) is 2.12. The molecule has 3 nitrogen and oxygen atoms in total. The van der Waals surface area contributed by atoms with Crippen LogP contribution in [0.15, 0.2) is 18.3 Å². The van der Waals surface area contributed by atoms with E-state index >= 15 is 0 Å². The van der Waals surface area contributed by atoms with Crippen molar-refractivity contribution in [2.75, 3.05) is 18.0 Å². The van der Waals surface area contributed by atoms with E-state index in [4.69, 9.17) is 18.0 Å². The van der Waals surface area contributed by atoms with Crippen LogP contribution in [-0.2, 0) is 0 Å². The Labute approximate surface area is 102 Å². The van der Waals surface area contributed by atoms with Crippen LogP contribution in [0, 0.1) is 0 Å². The topological polar surface area (TPSA) is 42.1 Å². The second-order valence-corrected chi connectivity index (χ2v) is 4.58. The minimum Gasteiger partial charge on any atom is -0.389 e. The van der Waals surface area contributed by atoms with Crippen molar-refractivity contribution in [2.24, 2.45) is 5.73 Å². The number of aromatic nitrogens is 1. The maximum Gasteiger partial charge on any atom is 0.138 e. The third-order valence-corrected chi connectivity index (χ3v) is 3.18. The van der Waals surface area contributed by atoms with Gasteiger partial charge in [-0.05, 0) is 25.0 Å². The predicted octanol–water partition coefficient (Wildman–Crippen LogP) is 2.10. The molecule has 0 atom stereocenters. The number of anilines is 1. The summed E-state index contributed by atoms with van der Waals surface area (Å²) in [5.41, 5.74) is 6.63. The van der Waals surface area contributed by atoms with Crippen LogP contribution in [0.4, 0.5) is 5.82 Å². The molecule has 0 aliphatic carbocycles. The van der Waals surface area contributed by atoms with Gasteiger partial charge in [0.1, 0.15) is 10.8 Å². The van der Waals surface area contributed by atoms with Crippen LogP contribution in [0.1, 0.15) is 31.2 Å². The first-order valence-electron chi connectivity index (χ1n) is 5.79. The van der Waals surface area contributed by atoms with Gasteiger partial charge in [0.25, 0.3) is 0 Å². The molecule has 1 aromatic rings. The van der Waals surface area contributed by atoms with Crippen LogP contribution in [0.3, 0.4) is 0 Å². The van der Waals surface area contributed by atoms with Gasteiger partial charge < -0.3 is 10.6 Å². The summed E-state index contributed by atoms with van der Waals surface area (Å²) in [6.07, 6.45) is 6.89. The Morgan fingerprint density at radius 3 is 2.56 bits per heavy atom. The molecule has 2 rings (SSSR count). The first-order chi connectivity index (χ1) is 7.79. The third-order valence-electron chi connectivity index (χ3n) is 2.96. The lowest BCUT2D eigenvalue weighted by molar-refractivity contribution is 0.726. The number of hydrogen-bond donors (Lipinski definition) is 1. The highest BCUT2D eigenvalue weighted by molar-refractivity contribution is 7.80. The quantitative estimate of drug-likeness (QED) is 0.797. The molecule has 86 valence electrons. The molecule has 2 N–H and O–H groups in total. The summed E-state index contributed by atoms with van der Waals surface area (Å²) < 4.78 is 0. The van der Waals surface area contributed by atoms with Crippen molar-refractivity contribution in [1.29, 1.82) is 0 Å². The minimum atomic E-state index is 0.437. The van der Waals surface area contributed by atoms with E-state index in [1.54, 1.807) is 0 Å². The first kappa shape index (κ1) is 11.3. The van der Waals surface area contributed by atoms with Gasteiger partial charge in [-0.2, -0.15) is 0 Å². The van der Waals surface area contributed by atoms with E-state index in [-0.39, 0.29) is 0 Å². The van der Waals surface area contributed by atoms with Gasteiger partial charge >= 0.3 is 0 Å². The van der Waals surface area contributed by atoms with Gasteiger partial charge in [0.2, 0.25) is 0 Å². The van der Waals surface area contributed by atoms with Crippen LogP contribution in [0.2, 0.25) is 0 Å². The highest BCUT2D eigenvalue weighted by atomic mass is 32.1. The van der Waals surface area contributed by atoms with Crippen molar-refractivity contribution in [3.63, 3.8) is 0 Å². The standard InChI is InChI=1S/C12H17N3S/c13-11(16)10-6-5-7-14-12(10)15-8-3-1-2-4-9-15/h5-7H,1-4,8-9H2,(H2,13,16). The van der Waals surface area contributed by atoms with Crippen molar-refractivity contribution in [1.82, 2.24) is 4.98 Å². The van der Waals surface area contributed by atoms with E-state index in [9.17, 15) is 0 Å². The van der Waals surface area contributed by atoms with Gasteiger partial charge in [0.15, 0.2) is 0 Å². The van der Waals surface area contributed by atoms with Crippen LogP contribution >= 0.6 is 12.2 Å². The lowest BCUT2D eigenvalue weighted by Crippen LogP contribution is -2.28. The summed E-state index contributed by atoms with van der Waals surface area (Å²) in [5, 5.41) is 0. The zero-order chi connectivity index (χ0) is 11.4. The first-order valence-corrected chi connectivity index (χ1v) is 6.19. The lowest BCUT2D eigenvalue weighted by Gasteiger charge is -2.23. The number of hydrogen-bond acceptors (Lipinski definition) is 3. The van der Waals surface area contributed by atoms with Crippen molar-refractivity contribution >= 4 is 23.0 Å².